The molecule has 1 amide bonds. The smallest absolute Gasteiger partial charge is 0.246 e. The first-order valence-electron chi connectivity index (χ1n) is 8.22. The minimum atomic E-state index is -0.0646. The molecule has 2 atom stereocenters. The van der Waals surface area contributed by atoms with Gasteiger partial charge in [0, 0.05) is 19.0 Å². The zero-order valence-corrected chi connectivity index (χ0v) is 13.4. The molecular weight excluding hydrogens is 290 g/mol. The molecule has 23 heavy (non-hydrogen) atoms. The van der Waals surface area contributed by atoms with Crippen molar-refractivity contribution in [3.63, 3.8) is 0 Å². The van der Waals surface area contributed by atoms with Crippen molar-refractivity contribution in [2.24, 2.45) is 0 Å². The number of benzene rings is 1. The Hall–Kier alpha value is -2.14. The zero-order chi connectivity index (χ0) is 16.1. The van der Waals surface area contributed by atoms with Gasteiger partial charge >= 0.3 is 0 Å². The average molecular weight is 313 g/mol. The Balaban J connectivity index is 1.80. The van der Waals surface area contributed by atoms with Crippen molar-refractivity contribution in [3.8, 4) is 0 Å². The molecule has 0 radical (unpaired) electrons. The molecule has 0 unspecified atom stereocenters. The highest BCUT2D eigenvalue weighted by molar-refractivity contribution is 5.77. The van der Waals surface area contributed by atoms with E-state index in [9.17, 15) is 4.79 Å². The molecule has 0 bridgehead atoms. The van der Waals surface area contributed by atoms with Crippen molar-refractivity contribution in [2.75, 3.05) is 13.2 Å². The van der Waals surface area contributed by atoms with Gasteiger partial charge in [-0.3, -0.25) is 4.79 Å². The van der Waals surface area contributed by atoms with E-state index >= 15 is 0 Å². The van der Waals surface area contributed by atoms with Gasteiger partial charge in [0.1, 0.15) is 6.61 Å². The monoisotopic (exact) mass is 313 g/mol. The summed E-state index contributed by atoms with van der Waals surface area (Å²) in [7, 11) is 0. The summed E-state index contributed by atoms with van der Waals surface area (Å²) in [5.74, 6) is -0.0646. The third-order valence-electron chi connectivity index (χ3n) is 4.29. The lowest BCUT2D eigenvalue weighted by atomic mass is 9.84. The van der Waals surface area contributed by atoms with Crippen molar-refractivity contribution in [1.82, 2.24) is 14.9 Å². The molecular formula is C18H23N3O2. The number of rotatable bonds is 6. The van der Waals surface area contributed by atoms with Crippen molar-refractivity contribution < 1.29 is 9.53 Å². The quantitative estimate of drug-likeness (QED) is 0.834. The maximum atomic E-state index is 12.3. The molecule has 0 fully saturated rings. The van der Waals surface area contributed by atoms with Crippen LogP contribution in [-0.2, 0) is 16.0 Å². The van der Waals surface area contributed by atoms with Gasteiger partial charge in [-0.2, -0.15) is 0 Å². The predicted octanol–water partition coefficient (Wildman–Crippen LogP) is 2.65. The van der Waals surface area contributed by atoms with Crippen LogP contribution in [0.3, 0.4) is 0 Å². The second-order valence-electron chi connectivity index (χ2n) is 5.91. The number of imidazole rings is 1. The van der Waals surface area contributed by atoms with E-state index < -0.39 is 0 Å². The Morgan fingerprint density at radius 3 is 3.09 bits per heavy atom. The fourth-order valence-corrected chi connectivity index (χ4v) is 3.23. The summed E-state index contributed by atoms with van der Waals surface area (Å²) in [6.45, 7) is 2.76. The van der Waals surface area contributed by atoms with Crippen LogP contribution in [0.4, 0.5) is 0 Å². The Kier molecular flexibility index (Phi) is 5.08. The van der Waals surface area contributed by atoms with Crippen LogP contribution in [0.1, 0.15) is 43.0 Å². The van der Waals surface area contributed by atoms with Crippen LogP contribution in [0, 0.1) is 0 Å². The van der Waals surface area contributed by atoms with Crippen LogP contribution in [0.2, 0.25) is 0 Å². The summed E-state index contributed by atoms with van der Waals surface area (Å²) >= 11 is 0. The number of carbonyl (C=O) groups is 1. The number of hydrogen-bond acceptors (Lipinski definition) is 3. The largest absolute Gasteiger partial charge is 0.372 e. The Morgan fingerprint density at radius 2 is 2.30 bits per heavy atom. The summed E-state index contributed by atoms with van der Waals surface area (Å²) < 4.78 is 7.46. The summed E-state index contributed by atoms with van der Waals surface area (Å²) in [4.78, 5) is 16.4. The molecule has 1 aromatic carbocycles. The van der Waals surface area contributed by atoms with Gasteiger partial charge in [0.2, 0.25) is 5.91 Å². The first-order chi connectivity index (χ1) is 11.3. The van der Waals surface area contributed by atoms with Crippen LogP contribution >= 0.6 is 0 Å². The standard InChI is InChI=1S/C18H23N3O2/c1-2-11-23-12-17(22)20-18-15-6-4-3-5-14(15)7-8-16(18)21-10-9-19-13-21/h3-6,9-10,13,16,18H,2,7-8,11-12H2,1H3,(H,20,22)/t16-,18-/m1/s1. The van der Waals surface area contributed by atoms with Gasteiger partial charge in [-0.25, -0.2) is 4.98 Å². The molecule has 5 nitrogen and oxygen atoms in total. The fraction of sp³-hybridized carbons (Fsp3) is 0.444. The molecule has 0 saturated heterocycles. The van der Waals surface area contributed by atoms with Crippen molar-refractivity contribution >= 4 is 5.91 Å². The number of fused-ring (bicyclic) bond motifs is 1. The molecule has 1 aliphatic carbocycles. The summed E-state index contributed by atoms with van der Waals surface area (Å²) in [6, 6.07) is 8.47. The minimum Gasteiger partial charge on any atom is -0.372 e. The summed E-state index contributed by atoms with van der Waals surface area (Å²) in [5.41, 5.74) is 2.50. The first-order valence-corrected chi connectivity index (χ1v) is 8.22. The highest BCUT2D eigenvalue weighted by Gasteiger charge is 2.31. The lowest BCUT2D eigenvalue weighted by Crippen LogP contribution is -2.39. The van der Waals surface area contributed by atoms with Crippen LogP contribution in [0.15, 0.2) is 43.0 Å². The molecule has 0 spiro atoms. The molecule has 122 valence electrons. The van der Waals surface area contributed by atoms with E-state index in [-0.39, 0.29) is 24.6 Å². The van der Waals surface area contributed by atoms with Crippen LogP contribution in [0.25, 0.3) is 0 Å². The maximum absolute atomic E-state index is 12.3. The van der Waals surface area contributed by atoms with E-state index in [4.69, 9.17) is 4.74 Å². The van der Waals surface area contributed by atoms with Crippen LogP contribution < -0.4 is 5.32 Å². The van der Waals surface area contributed by atoms with Gasteiger partial charge in [0.05, 0.1) is 18.4 Å². The highest BCUT2D eigenvalue weighted by atomic mass is 16.5. The minimum absolute atomic E-state index is 0.0492. The van der Waals surface area contributed by atoms with E-state index in [0.717, 1.165) is 19.3 Å². The summed E-state index contributed by atoms with van der Waals surface area (Å²) in [5, 5.41) is 3.16. The SMILES string of the molecule is CCCOCC(=O)N[C@@H]1c2ccccc2CC[C@H]1n1ccnc1. The molecule has 1 heterocycles. The zero-order valence-electron chi connectivity index (χ0n) is 13.4. The van der Waals surface area contributed by atoms with Gasteiger partial charge in [-0.15, -0.1) is 0 Å². The van der Waals surface area contributed by atoms with Gasteiger partial charge in [-0.1, -0.05) is 31.2 Å². The number of amides is 1. The maximum Gasteiger partial charge on any atom is 0.246 e. The summed E-state index contributed by atoms with van der Waals surface area (Å²) in [6.07, 6.45) is 8.48. The molecule has 2 aromatic rings. The number of nitrogens with one attached hydrogen (secondary N) is 1. The lowest BCUT2D eigenvalue weighted by Gasteiger charge is -2.35. The Labute approximate surface area is 136 Å². The Bertz CT molecular complexity index is 639. The van der Waals surface area contributed by atoms with E-state index in [1.54, 1.807) is 6.20 Å². The van der Waals surface area contributed by atoms with E-state index in [2.05, 4.69) is 33.1 Å². The van der Waals surface area contributed by atoms with E-state index in [1.165, 1.54) is 11.1 Å². The number of nitrogens with zero attached hydrogens (tertiary/aromatic N) is 2. The van der Waals surface area contributed by atoms with Crippen LogP contribution in [0.5, 0.6) is 0 Å². The number of hydrogen-bond donors (Lipinski definition) is 1. The molecule has 1 aromatic heterocycles. The van der Waals surface area contributed by atoms with Gasteiger partial charge in [-0.05, 0) is 30.4 Å². The van der Waals surface area contributed by atoms with E-state index in [1.807, 2.05) is 25.5 Å². The number of carbonyl (C=O) groups excluding carboxylic acids is 1. The molecule has 0 aliphatic heterocycles. The second-order valence-corrected chi connectivity index (χ2v) is 5.91. The van der Waals surface area contributed by atoms with Crippen LogP contribution in [-0.4, -0.2) is 28.7 Å². The van der Waals surface area contributed by atoms with Gasteiger partial charge < -0.3 is 14.6 Å². The third-order valence-corrected chi connectivity index (χ3v) is 4.29. The normalized spacial score (nSPS) is 20.0. The van der Waals surface area contributed by atoms with Crippen molar-refractivity contribution in [3.05, 3.63) is 54.1 Å². The molecule has 0 saturated carbocycles. The lowest BCUT2D eigenvalue weighted by molar-refractivity contribution is -0.126. The third kappa shape index (κ3) is 3.62. The highest BCUT2D eigenvalue weighted by Crippen LogP contribution is 2.37. The topological polar surface area (TPSA) is 56.1 Å². The predicted molar refractivity (Wildman–Crippen MR) is 88.0 cm³/mol. The molecule has 1 aliphatic rings. The first kappa shape index (κ1) is 15.7. The molecule has 1 N–H and O–H groups in total. The number of aromatic nitrogens is 2. The van der Waals surface area contributed by atoms with E-state index in [0.29, 0.717) is 6.61 Å². The fourth-order valence-electron chi connectivity index (χ4n) is 3.23. The van der Waals surface area contributed by atoms with Gasteiger partial charge in [0.25, 0.3) is 0 Å². The Morgan fingerprint density at radius 1 is 1.43 bits per heavy atom. The van der Waals surface area contributed by atoms with Crippen molar-refractivity contribution in [1.29, 1.82) is 0 Å². The average Bonchev–Trinajstić information content (AvgIpc) is 3.10. The molecule has 5 heteroatoms. The van der Waals surface area contributed by atoms with Crippen molar-refractivity contribution in [2.45, 2.75) is 38.3 Å². The van der Waals surface area contributed by atoms with Gasteiger partial charge in [0.15, 0.2) is 0 Å². The number of aryl methyl sites for hydroxylation is 1. The molecule has 3 rings (SSSR count). The number of ether oxygens (including phenoxy) is 1. The second kappa shape index (κ2) is 7.42.